The summed E-state index contributed by atoms with van der Waals surface area (Å²) < 4.78 is 5.55. The van der Waals surface area contributed by atoms with E-state index in [9.17, 15) is 14.4 Å². The van der Waals surface area contributed by atoms with Crippen molar-refractivity contribution in [3.63, 3.8) is 0 Å². The Morgan fingerprint density at radius 2 is 1.81 bits per heavy atom. The highest BCUT2D eigenvalue weighted by Gasteiger charge is 2.15. The van der Waals surface area contributed by atoms with Crippen LogP contribution in [0.4, 0.5) is 5.69 Å². The standard InChI is InChI=1S/C18H19IN2O6/c1-2-27-18(26)13(11-20)9-12-3-4-15(14(19)10-12)21(7-5-16(22)23)8-6-17(24)25/h3-4,9-10H,2,5-8H2,1H3,(H,22,23)(H,24,25)/b13-9+. The first kappa shape index (κ1) is 22.4. The summed E-state index contributed by atoms with van der Waals surface area (Å²) in [5.74, 6) is -2.65. The predicted octanol–water partition coefficient (Wildman–Crippen LogP) is 2.52. The lowest BCUT2D eigenvalue weighted by atomic mass is 10.1. The second kappa shape index (κ2) is 11.2. The zero-order chi connectivity index (χ0) is 20.4. The summed E-state index contributed by atoms with van der Waals surface area (Å²) in [6.07, 6.45) is 1.15. The number of carboxylic acid groups (broad SMARTS) is 2. The highest BCUT2D eigenvalue weighted by molar-refractivity contribution is 14.1. The van der Waals surface area contributed by atoms with Gasteiger partial charge in [0.15, 0.2) is 0 Å². The number of nitriles is 1. The van der Waals surface area contributed by atoms with Gasteiger partial charge in [0.2, 0.25) is 0 Å². The number of ether oxygens (including phenoxy) is 1. The van der Waals surface area contributed by atoms with Crippen molar-refractivity contribution in [2.75, 3.05) is 24.6 Å². The van der Waals surface area contributed by atoms with E-state index < -0.39 is 17.9 Å². The van der Waals surface area contributed by atoms with Crippen LogP contribution in [0.15, 0.2) is 23.8 Å². The van der Waals surface area contributed by atoms with Gasteiger partial charge in [0.25, 0.3) is 0 Å². The van der Waals surface area contributed by atoms with Crippen LogP contribution in [0.5, 0.6) is 0 Å². The van der Waals surface area contributed by atoms with Gasteiger partial charge in [0, 0.05) is 16.7 Å². The van der Waals surface area contributed by atoms with Crippen LogP contribution < -0.4 is 4.90 Å². The van der Waals surface area contributed by atoms with Crippen molar-refractivity contribution in [1.29, 1.82) is 5.26 Å². The topological polar surface area (TPSA) is 128 Å². The zero-order valence-electron chi connectivity index (χ0n) is 14.6. The van der Waals surface area contributed by atoms with Crippen LogP contribution in [0.1, 0.15) is 25.3 Å². The highest BCUT2D eigenvalue weighted by Crippen LogP contribution is 2.25. The SMILES string of the molecule is CCOC(=O)/C(C#N)=C/c1ccc(N(CCC(=O)O)CCC(=O)O)c(I)c1. The Morgan fingerprint density at radius 3 is 2.26 bits per heavy atom. The van der Waals surface area contributed by atoms with E-state index in [4.69, 9.17) is 20.2 Å². The monoisotopic (exact) mass is 486 g/mol. The second-order valence-electron chi connectivity index (χ2n) is 5.38. The maximum atomic E-state index is 11.7. The molecule has 27 heavy (non-hydrogen) atoms. The average Bonchev–Trinajstić information content (AvgIpc) is 2.60. The Balaban J connectivity index is 3.10. The van der Waals surface area contributed by atoms with Crippen molar-refractivity contribution >= 4 is 52.3 Å². The van der Waals surface area contributed by atoms with E-state index in [0.717, 1.165) is 3.57 Å². The summed E-state index contributed by atoms with van der Waals surface area (Å²) in [4.78, 5) is 35.1. The molecule has 0 heterocycles. The second-order valence-corrected chi connectivity index (χ2v) is 6.54. The first-order valence-electron chi connectivity index (χ1n) is 8.05. The summed E-state index contributed by atoms with van der Waals surface area (Å²) in [6, 6.07) is 6.90. The molecule has 0 bridgehead atoms. The van der Waals surface area contributed by atoms with Crippen LogP contribution in [-0.4, -0.2) is 47.8 Å². The number of hydrogen-bond acceptors (Lipinski definition) is 6. The summed E-state index contributed by atoms with van der Waals surface area (Å²) in [6.45, 7) is 2.14. The van der Waals surface area contributed by atoms with Gasteiger partial charge in [-0.1, -0.05) is 6.07 Å². The zero-order valence-corrected chi connectivity index (χ0v) is 16.8. The third-order valence-corrected chi connectivity index (χ3v) is 4.29. The smallest absolute Gasteiger partial charge is 0.348 e. The maximum Gasteiger partial charge on any atom is 0.348 e. The molecule has 8 nitrogen and oxygen atoms in total. The molecule has 0 aliphatic carbocycles. The van der Waals surface area contributed by atoms with Gasteiger partial charge < -0.3 is 19.8 Å². The fraction of sp³-hybridized carbons (Fsp3) is 0.333. The van der Waals surface area contributed by atoms with Crippen LogP contribution in [-0.2, 0) is 19.1 Å². The van der Waals surface area contributed by atoms with Gasteiger partial charge in [0.1, 0.15) is 11.6 Å². The average molecular weight is 486 g/mol. The van der Waals surface area contributed by atoms with E-state index >= 15 is 0 Å². The minimum absolute atomic E-state index is 0.126. The summed E-state index contributed by atoms with van der Waals surface area (Å²) in [7, 11) is 0. The molecule has 0 fully saturated rings. The first-order chi connectivity index (χ1) is 12.8. The molecule has 0 saturated carbocycles. The molecule has 2 N–H and O–H groups in total. The highest BCUT2D eigenvalue weighted by atomic mass is 127. The van der Waals surface area contributed by atoms with E-state index in [1.165, 1.54) is 6.08 Å². The molecule has 0 aliphatic heterocycles. The molecular formula is C18H19IN2O6. The Morgan fingerprint density at radius 1 is 1.22 bits per heavy atom. The predicted molar refractivity (Wildman–Crippen MR) is 106 cm³/mol. The number of esters is 1. The molecule has 0 unspecified atom stereocenters. The number of carbonyl (C=O) groups excluding carboxylic acids is 1. The van der Waals surface area contributed by atoms with Gasteiger partial charge in [-0.2, -0.15) is 5.26 Å². The van der Waals surface area contributed by atoms with E-state index in [-0.39, 0.29) is 38.1 Å². The summed E-state index contributed by atoms with van der Waals surface area (Å²) >= 11 is 2.04. The van der Waals surface area contributed by atoms with Crippen molar-refractivity contribution in [2.24, 2.45) is 0 Å². The molecule has 1 rings (SSSR count). The molecule has 0 radical (unpaired) electrons. The fourth-order valence-corrected chi connectivity index (χ4v) is 3.08. The lowest BCUT2D eigenvalue weighted by Crippen LogP contribution is -2.29. The molecule has 0 aliphatic rings. The van der Waals surface area contributed by atoms with Gasteiger partial charge in [0.05, 0.1) is 25.1 Å². The van der Waals surface area contributed by atoms with Crippen LogP contribution >= 0.6 is 22.6 Å². The Labute approximate surface area is 170 Å². The third-order valence-electron chi connectivity index (χ3n) is 3.43. The van der Waals surface area contributed by atoms with Crippen LogP contribution in [0.3, 0.4) is 0 Å². The minimum Gasteiger partial charge on any atom is -0.481 e. The quantitative estimate of drug-likeness (QED) is 0.224. The number of halogens is 1. The number of nitrogens with zero attached hydrogens (tertiary/aromatic N) is 2. The third kappa shape index (κ3) is 7.65. The molecule has 0 atom stereocenters. The summed E-state index contributed by atoms with van der Waals surface area (Å²) in [5, 5.41) is 26.9. The lowest BCUT2D eigenvalue weighted by Gasteiger charge is -2.25. The van der Waals surface area contributed by atoms with Gasteiger partial charge in [-0.25, -0.2) is 4.79 Å². The van der Waals surface area contributed by atoms with Gasteiger partial charge in [-0.15, -0.1) is 0 Å². The van der Waals surface area contributed by atoms with Crippen molar-refractivity contribution in [1.82, 2.24) is 0 Å². The Kier molecular flexibility index (Phi) is 9.29. The maximum absolute atomic E-state index is 11.7. The number of hydrogen-bond donors (Lipinski definition) is 2. The van der Waals surface area contributed by atoms with E-state index in [1.54, 1.807) is 36.1 Å². The van der Waals surface area contributed by atoms with Crippen molar-refractivity contribution in [3.8, 4) is 6.07 Å². The number of anilines is 1. The largest absolute Gasteiger partial charge is 0.481 e. The molecule has 0 saturated heterocycles. The van der Waals surface area contributed by atoms with Crippen LogP contribution in [0, 0.1) is 14.9 Å². The number of aliphatic carboxylic acids is 2. The molecule has 0 aromatic heterocycles. The molecule has 1 aromatic carbocycles. The van der Waals surface area contributed by atoms with Gasteiger partial charge in [-0.05, 0) is 53.3 Å². The number of rotatable bonds is 10. The minimum atomic E-state index is -0.974. The molecule has 0 amide bonds. The van der Waals surface area contributed by atoms with Crippen molar-refractivity contribution in [2.45, 2.75) is 19.8 Å². The number of benzene rings is 1. The summed E-state index contributed by atoms with van der Waals surface area (Å²) in [5.41, 5.74) is 1.16. The fourth-order valence-electron chi connectivity index (χ4n) is 2.20. The van der Waals surface area contributed by atoms with Gasteiger partial charge >= 0.3 is 17.9 Å². The Hall–Kier alpha value is -2.61. The number of carbonyl (C=O) groups is 3. The normalized spacial score (nSPS) is 10.8. The Bertz CT molecular complexity index is 767. The molecular weight excluding hydrogens is 467 g/mol. The van der Waals surface area contributed by atoms with Crippen molar-refractivity contribution in [3.05, 3.63) is 32.9 Å². The molecule has 9 heteroatoms. The van der Waals surface area contributed by atoms with Crippen LogP contribution in [0.2, 0.25) is 0 Å². The van der Waals surface area contributed by atoms with E-state index in [0.29, 0.717) is 11.3 Å². The van der Waals surface area contributed by atoms with Crippen LogP contribution in [0.25, 0.3) is 6.08 Å². The van der Waals surface area contributed by atoms with E-state index in [2.05, 4.69) is 0 Å². The molecule has 144 valence electrons. The van der Waals surface area contributed by atoms with Gasteiger partial charge in [-0.3, -0.25) is 9.59 Å². The molecule has 1 aromatic rings. The first-order valence-corrected chi connectivity index (χ1v) is 9.13. The van der Waals surface area contributed by atoms with E-state index in [1.807, 2.05) is 22.6 Å². The number of carboxylic acids is 2. The molecule has 0 spiro atoms. The van der Waals surface area contributed by atoms with Crippen molar-refractivity contribution < 1.29 is 29.3 Å². The lowest BCUT2D eigenvalue weighted by molar-refractivity contribution is -0.138.